The number of ether oxygens (including phenoxy) is 2. The number of aromatic nitrogens is 2. The first-order valence-corrected chi connectivity index (χ1v) is 10.5. The van der Waals surface area contributed by atoms with Crippen LogP contribution < -0.4 is 15.2 Å². The Morgan fingerprint density at radius 2 is 1.75 bits per heavy atom. The number of benzene rings is 2. The summed E-state index contributed by atoms with van der Waals surface area (Å²) in [7, 11) is 0. The van der Waals surface area contributed by atoms with Gasteiger partial charge in [-0.25, -0.2) is 5.10 Å². The first kappa shape index (κ1) is 20.2. The second-order valence-corrected chi connectivity index (χ2v) is 7.74. The summed E-state index contributed by atoms with van der Waals surface area (Å²) in [6, 6.07) is 14.2. The van der Waals surface area contributed by atoms with Crippen molar-refractivity contribution in [2.24, 2.45) is 0 Å². The van der Waals surface area contributed by atoms with Gasteiger partial charge >= 0.3 is 0 Å². The van der Waals surface area contributed by atoms with Crippen LogP contribution in [0.25, 0.3) is 10.8 Å². The highest BCUT2D eigenvalue weighted by atomic mass is 16.5. The van der Waals surface area contributed by atoms with E-state index in [1.807, 2.05) is 6.07 Å². The molecule has 0 radical (unpaired) electrons. The molecule has 1 atom stereocenters. The Balaban J connectivity index is 1.44. The minimum atomic E-state index is -0.799. The third kappa shape index (κ3) is 3.71. The molecule has 1 unspecified atom stereocenters. The predicted octanol–water partition coefficient (Wildman–Crippen LogP) is 1.12. The number of rotatable bonds is 3. The number of morpholine rings is 1. The van der Waals surface area contributed by atoms with Gasteiger partial charge in [-0.3, -0.25) is 14.4 Å². The summed E-state index contributed by atoms with van der Waals surface area (Å²) in [6.07, 6.45) is -0.823. The molecular formula is C23H22N4O5. The van der Waals surface area contributed by atoms with Crippen LogP contribution in [0.15, 0.2) is 53.3 Å². The van der Waals surface area contributed by atoms with Crippen LogP contribution in [0.5, 0.6) is 5.75 Å². The standard InChI is InChI=1S/C23H22N4O5/c28-21(13-17-15-5-1-2-6-16(15)22(29)25-24-17)27-14-20(23(30)26-9-11-31-12-10-26)32-19-8-4-3-7-18(19)27/h1-8,20H,9-14H2,(H,25,29). The molecule has 0 aliphatic carbocycles. The first-order valence-electron chi connectivity index (χ1n) is 10.5. The summed E-state index contributed by atoms with van der Waals surface area (Å²) in [5.41, 5.74) is 0.784. The number of nitrogens with one attached hydrogen (secondary N) is 1. The van der Waals surface area contributed by atoms with Gasteiger partial charge in [-0.1, -0.05) is 30.3 Å². The van der Waals surface area contributed by atoms with E-state index >= 15 is 0 Å². The number of nitrogens with zero attached hydrogens (tertiary/aromatic N) is 3. The number of fused-ring (bicyclic) bond motifs is 2. The van der Waals surface area contributed by atoms with Crippen molar-refractivity contribution in [2.75, 3.05) is 37.7 Å². The lowest BCUT2D eigenvalue weighted by Gasteiger charge is -2.37. The number of aromatic amines is 1. The number of para-hydroxylation sites is 2. The number of carbonyl (C=O) groups excluding carboxylic acids is 2. The van der Waals surface area contributed by atoms with Crippen molar-refractivity contribution in [1.82, 2.24) is 15.1 Å². The van der Waals surface area contributed by atoms with Gasteiger partial charge in [-0.05, 0) is 18.2 Å². The van der Waals surface area contributed by atoms with Crippen molar-refractivity contribution < 1.29 is 19.1 Å². The Morgan fingerprint density at radius 1 is 1.03 bits per heavy atom. The van der Waals surface area contributed by atoms with Gasteiger partial charge in [0.2, 0.25) is 5.91 Å². The van der Waals surface area contributed by atoms with Crippen LogP contribution in [0.4, 0.5) is 5.69 Å². The minimum Gasteiger partial charge on any atom is -0.476 e. The van der Waals surface area contributed by atoms with E-state index in [1.165, 1.54) is 0 Å². The SMILES string of the molecule is O=C(C1CN(C(=O)Cc2n[nH]c(=O)c3ccccc23)c2ccccc2O1)N1CCOCC1. The predicted molar refractivity (Wildman–Crippen MR) is 117 cm³/mol. The number of hydrogen-bond acceptors (Lipinski definition) is 6. The fraction of sp³-hybridized carbons (Fsp3) is 0.304. The van der Waals surface area contributed by atoms with Crippen molar-refractivity contribution in [3.8, 4) is 5.75 Å². The summed E-state index contributed by atoms with van der Waals surface area (Å²) >= 11 is 0. The quantitative estimate of drug-likeness (QED) is 0.662. The minimum absolute atomic E-state index is 0.0237. The van der Waals surface area contributed by atoms with Gasteiger partial charge in [0.25, 0.3) is 11.5 Å². The van der Waals surface area contributed by atoms with E-state index in [1.54, 1.807) is 52.3 Å². The zero-order valence-corrected chi connectivity index (χ0v) is 17.3. The molecule has 5 rings (SSSR count). The van der Waals surface area contributed by atoms with E-state index in [-0.39, 0.29) is 30.3 Å². The second-order valence-electron chi connectivity index (χ2n) is 7.74. The largest absolute Gasteiger partial charge is 0.476 e. The van der Waals surface area contributed by atoms with Crippen LogP contribution in [0, 0.1) is 0 Å². The fourth-order valence-electron chi connectivity index (χ4n) is 4.13. The maximum absolute atomic E-state index is 13.4. The molecule has 2 aliphatic heterocycles. The Labute approximate surface area is 183 Å². The molecule has 0 saturated carbocycles. The summed E-state index contributed by atoms with van der Waals surface area (Å²) in [5, 5.41) is 7.70. The molecule has 1 N–H and O–H groups in total. The van der Waals surface area contributed by atoms with Crippen molar-refractivity contribution in [1.29, 1.82) is 0 Å². The molecule has 0 bridgehead atoms. The topological polar surface area (TPSA) is 105 Å². The van der Waals surface area contributed by atoms with Gasteiger partial charge in [0.05, 0.1) is 42.9 Å². The number of carbonyl (C=O) groups is 2. The monoisotopic (exact) mass is 434 g/mol. The molecule has 2 aliphatic rings. The van der Waals surface area contributed by atoms with Crippen LogP contribution in [0.3, 0.4) is 0 Å². The lowest BCUT2D eigenvalue weighted by molar-refractivity contribution is -0.142. The molecule has 32 heavy (non-hydrogen) atoms. The van der Waals surface area contributed by atoms with Crippen LogP contribution in [-0.4, -0.2) is 65.9 Å². The van der Waals surface area contributed by atoms with Crippen molar-refractivity contribution >= 4 is 28.3 Å². The van der Waals surface area contributed by atoms with E-state index in [4.69, 9.17) is 9.47 Å². The van der Waals surface area contributed by atoms with Gasteiger partial charge in [-0.15, -0.1) is 0 Å². The van der Waals surface area contributed by atoms with E-state index in [0.29, 0.717) is 54.2 Å². The molecule has 164 valence electrons. The van der Waals surface area contributed by atoms with Gasteiger partial charge < -0.3 is 19.3 Å². The highest BCUT2D eigenvalue weighted by molar-refractivity contribution is 6.00. The van der Waals surface area contributed by atoms with Crippen LogP contribution >= 0.6 is 0 Å². The highest BCUT2D eigenvalue weighted by Crippen LogP contribution is 2.34. The summed E-state index contributed by atoms with van der Waals surface area (Å²) in [4.78, 5) is 41.8. The van der Waals surface area contributed by atoms with E-state index in [0.717, 1.165) is 0 Å². The van der Waals surface area contributed by atoms with Crippen LogP contribution in [-0.2, 0) is 20.7 Å². The Morgan fingerprint density at radius 3 is 2.56 bits per heavy atom. The number of amides is 2. The maximum atomic E-state index is 13.4. The molecule has 1 fully saturated rings. The van der Waals surface area contributed by atoms with Gasteiger partial charge in [0.1, 0.15) is 5.75 Å². The third-order valence-electron chi connectivity index (χ3n) is 5.77. The molecule has 1 aromatic heterocycles. The van der Waals surface area contributed by atoms with Crippen molar-refractivity contribution in [3.63, 3.8) is 0 Å². The maximum Gasteiger partial charge on any atom is 0.272 e. The number of anilines is 1. The van der Waals surface area contributed by atoms with Crippen molar-refractivity contribution in [2.45, 2.75) is 12.5 Å². The highest BCUT2D eigenvalue weighted by Gasteiger charge is 2.36. The Bertz CT molecular complexity index is 1230. The van der Waals surface area contributed by atoms with E-state index in [9.17, 15) is 14.4 Å². The number of hydrogen-bond donors (Lipinski definition) is 1. The van der Waals surface area contributed by atoms with Crippen LogP contribution in [0.1, 0.15) is 5.69 Å². The molecule has 9 heteroatoms. The Hall–Kier alpha value is -3.72. The fourth-order valence-corrected chi connectivity index (χ4v) is 4.13. The van der Waals surface area contributed by atoms with Gasteiger partial charge in [0, 0.05) is 18.5 Å². The van der Waals surface area contributed by atoms with E-state index in [2.05, 4.69) is 10.2 Å². The molecule has 1 saturated heterocycles. The average molecular weight is 434 g/mol. The molecule has 3 heterocycles. The third-order valence-corrected chi connectivity index (χ3v) is 5.77. The molecule has 9 nitrogen and oxygen atoms in total. The molecule has 2 amide bonds. The zero-order valence-electron chi connectivity index (χ0n) is 17.3. The normalized spacial score (nSPS) is 18.2. The second kappa shape index (κ2) is 8.43. The van der Waals surface area contributed by atoms with E-state index < -0.39 is 6.10 Å². The van der Waals surface area contributed by atoms with Crippen molar-refractivity contribution in [3.05, 3.63) is 64.6 Å². The average Bonchev–Trinajstić information content (AvgIpc) is 2.85. The van der Waals surface area contributed by atoms with Crippen LogP contribution in [0.2, 0.25) is 0 Å². The molecule has 2 aromatic carbocycles. The first-order chi connectivity index (χ1) is 15.6. The zero-order chi connectivity index (χ0) is 22.1. The molecule has 3 aromatic rings. The lowest BCUT2D eigenvalue weighted by atomic mass is 10.1. The summed E-state index contributed by atoms with van der Waals surface area (Å²) in [6.45, 7) is 2.09. The molecular weight excluding hydrogens is 412 g/mol. The smallest absolute Gasteiger partial charge is 0.272 e. The summed E-state index contributed by atoms with van der Waals surface area (Å²) < 4.78 is 11.3. The van der Waals surface area contributed by atoms with Gasteiger partial charge in [0.15, 0.2) is 6.10 Å². The number of H-pyrrole nitrogens is 1. The Kier molecular flexibility index (Phi) is 5.32. The molecule has 0 spiro atoms. The summed E-state index contributed by atoms with van der Waals surface area (Å²) in [5.74, 6) is 0.0939. The van der Waals surface area contributed by atoms with Gasteiger partial charge in [-0.2, -0.15) is 5.10 Å². The lowest BCUT2D eigenvalue weighted by Crippen LogP contribution is -2.54.